The van der Waals surface area contributed by atoms with Gasteiger partial charge in [0.25, 0.3) is 0 Å². The summed E-state index contributed by atoms with van der Waals surface area (Å²) in [6.45, 7) is 9.78. The number of ether oxygens (including phenoxy) is 1. The van der Waals surface area contributed by atoms with E-state index in [2.05, 4.69) is 27.4 Å². The van der Waals surface area contributed by atoms with E-state index >= 15 is 0 Å². The summed E-state index contributed by atoms with van der Waals surface area (Å²) < 4.78 is 27.4. The number of piperidine rings is 1. The molecule has 148 valence electrons. The first-order valence-electron chi connectivity index (χ1n) is 9.47. The van der Waals surface area contributed by atoms with Gasteiger partial charge in [-0.3, -0.25) is 4.99 Å². The summed E-state index contributed by atoms with van der Waals surface area (Å²) in [6, 6.07) is 0.460. The van der Waals surface area contributed by atoms with Crippen molar-refractivity contribution in [3.8, 4) is 0 Å². The van der Waals surface area contributed by atoms with Gasteiger partial charge in [0, 0.05) is 31.9 Å². The number of likely N-dealkylation sites (tertiary alicyclic amines) is 1. The number of unbranched alkanes of at least 4 members (excludes halogenated alkanes) is 1. The summed E-state index contributed by atoms with van der Waals surface area (Å²) in [6.07, 6.45) is 6.02. The predicted octanol–water partition coefficient (Wildman–Crippen LogP) is 0.867. The first kappa shape index (κ1) is 22.2. The van der Waals surface area contributed by atoms with Crippen LogP contribution in [0, 0.1) is 0 Å². The van der Waals surface area contributed by atoms with E-state index in [1.54, 1.807) is 0 Å². The van der Waals surface area contributed by atoms with Gasteiger partial charge < -0.3 is 20.3 Å². The number of nitrogens with one attached hydrogen (secondary N) is 2. The molecule has 0 bridgehead atoms. The van der Waals surface area contributed by atoms with E-state index in [-0.39, 0.29) is 12.4 Å². The second-order valence-corrected chi connectivity index (χ2v) is 8.88. The number of aliphatic imine (C=N–C) groups is 1. The molecular formula is C17H36N4O3S. The van der Waals surface area contributed by atoms with Crippen molar-refractivity contribution >= 4 is 15.8 Å². The third kappa shape index (κ3) is 11.4. The third-order valence-corrected chi connectivity index (χ3v) is 5.11. The highest BCUT2D eigenvalue weighted by atomic mass is 32.2. The van der Waals surface area contributed by atoms with Gasteiger partial charge in [0.05, 0.1) is 25.5 Å². The molecule has 1 rings (SSSR count). The maximum absolute atomic E-state index is 11.0. The van der Waals surface area contributed by atoms with Crippen molar-refractivity contribution in [2.24, 2.45) is 4.99 Å². The molecule has 0 aliphatic carbocycles. The van der Waals surface area contributed by atoms with Crippen molar-refractivity contribution in [2.45, 2.75) is 45.6 Å². The molecule has 1 saturated heterocycles. The molecule has 0 aromatic carbocycles. The highest BCUT2D eigenvalue weighted by Gasteiger charge is 2.19. The van der Waals surface area contributed by atoms with E-state index in [4.69, 9.17) is 4.74 Å². The molecule has 0 radical (unpaired) electrons. The van der Waals surface area contributed by atoms with Crippen molar-refractivity contribution in [3.05, 3.63) is 0 Å². The van der Waals surface area contributed by atoms with E-state index in [0.717, 1.165) is 38.4 Å². The maximum atomic E-state index is 11.0. The zero-order valence-corrected chi connectivity index (χ0v) is 16.9. The van der Waals surface area contributed by atoms with Gasteiger partial charge in [0.1, 0.15) is 9.84 Å². The fourth-order valence-corrected chi connectivity index (χ4v) is 3.15. The van der Waals surface area contributed by atoms with E-state index in [9.17, 15) is 8.42 Å². The fourth-order valence-electron chi connectivity index (χ4n) is 2.73. The molecular weight excluding hydrogens is 340 g/mol. The zero-order valence-electron chi connectivity index (χ0n) is 16.1. The Labute approximate surface area is 153 Å². The van der Waals surface area contributed by atoms with E-state index in [1.807, 2.05) is 6.92 Å². The van der Waals surface area contributed by atoms with Crippen LogP contribution in [-0.2, 0) is 14.6 Å². The van der Waals surface area contributed by atoms with Gasteiger partial charge in [-0.1, -0.05) is 13.3 Å². The Morgan fingerprint density at radius 1 is 1.24 bits per heavy atom. The lowest BCUT2D eigenvalue weighted by Crippen LogP contribution is -2.48. The molecule has 0 atom stereocenters. The zero-order chi connectivity index (χ0) is 18.5. The highest BCUT2D eigenvalue weighted by molar-refractivity contribution is 7.90. The van der Waals surface area contributed by atoms with Crippen LogP contribution in [0.4, 0.5) is 0 Å². The van der Waals surface area contributed by atoms with Gasteiger partial charge in [0.2, 0.25) is 0 Å². The average molecular weight is 377 g/mol. The maximum Gasteiger partial charge on any atom is 0.191 e. The van der Waals surface area contributed by atoms with Crippen LogP contribution in [0.5, 0.6) is 0 Å². The van der Waals surface area contributed by atoms with Crippen LogP contribution in [0.15, 0.2) is 4.99 Å². The van der Waals surface area contributed by atoms with Crippen LogP contribution in [-0.4, -0.2) is 83.3 Å². The van der Waals surface area contributed by atoms with Gasteiger partial charge in [0.15, 0.2) is 5.96 Å². The van der Waals surface area contributed by atoms with Crippen LogP contribution in [0.25, 0.3) is 0 Å². The summed E-state index contributed by atoms with van der Waals surface area (Å²) in [5.74, 6) is 0.882. The number of rotatable bonds is 11. The van der Waals surface area contributed by atoms with Crippen molar-refractivity contribution in [2.75, 3.05) is 57.9 Å². The molecule has 0 aromatic heterocycles. The summed E-state index contributed by atoms with van der Waals surface area (Å²) >= 11 is 0. The molecule has 7 nitrogen and oxygen atoms in total. The number of hydrogen-bond acceptors (Lipinski definition) is 5. The molecule has 1 heterocycles. The first-order chi connectivity index (χ1) is 11.9. The molecule has 1 aliphatic heterocycles. The van der Waals surface area contributed by atoms with Gasteiger partial charge in [-0.15, -0.1) is 0 Å². The molecule has 8 heteroatoms. The molecule has 0 saturated carbocycles. The number of nitrogens with zero attached hydrogens (tertiary/aromatic N) is 2. The summed E-state index contributed by atoms with van der Waals surface area (Å²) in [7, 11) is -2.96. The Morgan fingerprint density at radius 2 is 1.96 bits per heavy atom. The van der Waals surface area contributed by atoms with Crippen LogP contribution in [0.1, 0.15) is 39.5 Å². The largest absolute Gasteiger partial charge is 0.378 e. The Bertz CT molecular complexity index is 474. The summed E-state index contributed by atoms with van der Waals surface area (Å²) in [5.41, 5.74) is 0. The second kappa shape index (κ2) is 12.5. The lowest BCUT2D eigenvalue weighted by molar-refractivity contribution is 0.157. The quantitative estimate of drug-likeness (QED) is 0.316. The molecule has 1 aliphatic rings. The standard InChI is InChI=1S/C17H36N4O3S/c1-4-6-10-21-11-7-16(8-12-21)20-17(18-5-2)19-9-13-24-14-15-25(3,22)23/h16H,4-15H2,1-3H3,(H2,18,19,20). The van der Waals surface area contributed by atoms with Gasteiger partial charge in [-0.2, -0.15) is 0 Å². The normalized spacial score (nSPS) is 17.6. The van der Waals surface area contributed by atoms with E-state index < -0.39 is 9.84 Å². The van der Waals surface area contributed by atoms with Crippen LogP contribution in [0.2, 0.25) is 0 Å². The summed E-state index contributed by atoms with van der Waals surface area (Å²) in [4.78, 5) is 7.06. The molecule has 0 unspecified atom stereocenters. The molecule has 0 spiro atoms. The third-order valence-electron chi connectivity index (χ3n) is 4.20. The molecule has 0 amide bonds. The molecule has 2 N–H and O–H groups in total. The van der Waals surface area contributed by atoms with Gasteiger partial charge in [-0.25, -0.2) is 8.42 Å². The SMILES string of the molecule is CCCCN1CCC(NC(=NCCOCCS(C)(=O)=O)NCC)CC1. The van der Waals surface area contributed by atoms with E-state index in [1.165, 1.54) is 25.6 Å². The van der Waals surface area contributed by atoms with Crippen molar-refractivity contribution in [1.82, 2.24) is 15.5 Å². The number of sulfone groups is 1. The Kier molecular flexibility index (Phi) is 11.1. The first-order valence-corrected chi connectivity index (χ1v) is 11.5. The lowest BCUT2D eigenvalue weighted by Gasteiger charge is -2.33. The lowest BCUT2D eigenvalue weighted by atomic mass is 10.0. The van der Waals surface area contributed by atoms with Crippen molar-refractivity contribution < 1.29 is 13.2 Å². The topological polar surface area (TPSA) is 83.0 Å². The van der Waals surface area contributed by atoms with Crippen molar-refractivity contribution in [1.29, 1.82) is 0 Å². The smallest absolute Gasteiger partial charge is 0.191 e. The monoisotopic (exact) mass is 376 g/mol. The van der Waals surface area contributed by atoms with Crippen LogP contribution >= 0.6 is 0 Å². The van der Waals surface area contributed by atoms with Crippen LogP contribution in [0.3, 0.4) is 0 Å². The van der Waals surface area contributed by atoms with Gasteiger partial charge in [-0.05, 0) is 32.7 Å². The number of guanidine groups is 1. The second-order valence-electron chi connectivity index (χ2n) is 6.62. The highest BCUT2D eigenvalue weighted by Crippen LogP contribution is 2.11. The Hall–Kier alpha value is -0.860. The van der Waals surface area contributed by atoms with Gasteiger partial charge >= 0.3 is 0 Å². The molecule has 1 fully saturated rings. The minimum absolute atomic E-state index is 0.0611. The van der Waals surface area contributed by atoms with E-state index in [0.29, 0.717) is 19.2 Å². The van der Waals surface area contributed by atoms with Crippen molar-refractivity contribution in [3.63, 3.8) is 0 Å². The minimum Gasteiger partial charge on any atom is -0.378 e. The Balaban J connectivity index is 2.27. The summed E-state index contributed by atoms with van der Waals surface area (Å²) in [5, 5.41) is 6.77. The van der Waals surface area contributed by atoms with Crippen LogP contribution < -0.4 is 10.6 Å². The minimum atomic E-state index is -2.96. The average Bonchev–Trinajstić information content (AvgIpc) is 2.56. The molecule has 0 aromatic rings. The number of hydrogen-bond donors (Lipinski definition) is 2. The molecule has 25 heavy (non-hydrogen) atoms. The Morgan fingerprint density at radius 3 is 2.56 bits per heavy atom. The fraction of sp³-hybridized carbons (Fsp3) is 0.941. The predicted molar refractivity (Wildman–Crippen MR) is 104 cm³/mol.